The number of pyridine rings is 1. The zero-order valence-corrected chi connectivity index (χ0v) is 20.6. The van der Waals surface area contributed by atoms with Gasteiger partial charge in [0.05, 0.1) is 18.7 Å². The van der Waals surface area contributed by atoms with Gasteiger partial charge in [0, 0.05) is 31.1 Å². The third-order valence-electron chi connectivity index (χ3n) is 6.86. The number of halogens is 5. The van der Waals surface area contributed by atoms with Crippen molar-refractivity contribution in [2.75, 3.05) is 19.6 Å². The molecule has 3 heterocycles. The summed E-state index contributed by atoms with van der Waals surface area (Å²) in [5, 5.41) is 15.9. The molecule has 1 unspecified atom stereocenters. The van der Waals surface area contributed by atoms with Gasteiger partial charge in [-0.15, -0.1) is 5.10 Å². The summed E-state index contributed by atoms with van der Waals surface area (Å²) in [7, 11) is 0. The van der Waals surface area contributed by atoms with Crippen molar-refractivity contribution >= 4 is 11.9 Å². The molecule has 38 heavy (non-hydrogen) atoms. The fourth-order valence-corrected chi connectivity index (χ4v) is 5.09. The topological polar surface area (TPSA) is 113 Å². The summed E-state index contributed by atoms with van der Waals surface area (Å²) >= 11 is 0. The van der Waals surface area contributed by atoms with Crippen molar-refractivity contribution in [3.63, 3.8) is 0 Å². The molecule has 14 heteroatoms. The Labute approximate surface area is 215 Å². The molecule has 208 valence electrons. The number of hydrogen-bond acceptors (Lipinski definition) is 6. The van der Waals surface area contributed by atoms with Crippen LogP contribution < -0.4 is 5.32 Å². The smallest absolute Gasteiger partial charge is 0.435 e. The highest BCUT2D eigenvalue weighted by Crippen LogP contribution is 2.37. The first-order valence-electron chi connectivity index (χ1n) is 12.6. The summed E-state index contributed by atoms with van der Waals surface area (Å²) in [4.78, 5) is 33.7. The van der Waals surface area contributed by atoms with Gasteiger partial charge in [0.25, 0.3) is 11.8 Å². The van der Waals surface area contributed by atoms with Gasteiger partial charge in [-0.2, -0.15) is 13.2 Å². The van der Waals surface area contributed by atoms with Gasteiger partial charge in [0.2, 0.25) is 5.82 Å². The van der Waals surface area contributed by atoms with E-state index in [2.05, 4.69) is 20.4 Å². The fourth-order valence-electron chi connectivity index (χ4n) is 5.09. The monoisotopic (exact) mass is 544 g/mol. The molecule has 1 saturated carbocycles. The average Bonchev–Trinajstić information content (AvgIpc) is 3.51. The number of carbonyl (C=O) groups excluding carboxylic acids is 1. The standard InChI is InChI=1S/C24H29F5N6O3/c25-23(26)9-4-11-34(14-23)12-8-16(13-18(36)37)31-22(38)20-32-21(15-5-1-2-6-15)35(33-20)17-7-3-10-30-19(17)24(27,28)29/h3,7,10,15-16H,1-2,4-6,8-9,11-14H2,(H,31,38)(H,36,37). The Bertz CT molecular complexity index is 1150. The quantitative estimate of drug-likeness (QED) is 0.459. The summed E-state index contributed by atoms with van der Waals surface area (Å²) in [5.74, 6) is -5.27. The number of likely N-dealkylation sites (tertiary alicyclic amines) is 1. The number of nitrogens with one attached hydrogen (secondary N) is 1. The van der Waals surface area contributed by atoms with Crippen LogP contribution in [0.3, 0.4) is 0 Å². The molecule has 1 atom stereocenters. The molecule has 0 spiro atoms. The second-order valence-corrected chi connectivity index (χ2v) is 9.85. The minimum Gasteiger partial charge on any atom is -0.481 e. The molecule has 2 aromatic heterocycles. The normalized spacial score (nSPS) is 19.4. The van der Waals surface area contributed by atoms with E-state index < -0.39 is 54.5 Å². The van der Waals surface area contributed by atoms with Gasteiger partial charge in [0.15, 0.2) is 5.69 Å². The number of nitrogens with zero attached hydrogens (tertiary/aromatic N) is 5. The molecular weight excluding hydrogens is 515 g/mol. The summed E-state index contributed by atoms with van der Waals surface area (Å²) < 4.78 is 69.5. The molecular formula is C24H29F5N6O3. The van der Waals surface area contributed by atoms with Crippen molar-refractivity contribution in [3.05, 3.63) is 35.7 Å². The van der Waals surface area contributed by atoms with E-state index in [-0.39, 0.29) is 36.8 Å². The predicted octanol–water partition coefficient (Wildman–Crippen LogP) is 4.03. The maximum absolute atomic E-state index is 13.7. The Balaban J connectivity index is 1.57. The molecule has 1 aliphatic heterocycles. The van der Waals surface area contributed by atoms with Crippen molar-refractivity contribution in [3.8, 4) is 5.69 Å². The van der Waals surface area contributed by atoms with E-state index in [4.69, 9.17) is 0 Å². The van der Waals surface area contributed by atoms with E-state index in [1.807, 2.05) is 0 Å². The number of aliphatic carboxylic acids is 1. The van der Waals surface area contributed by atoms with Gasteiger partial charge in [-0.25, -0.2) is 23.4 Å². The molecule has 2 N–H and O–H groups in total. The lowest BCUT2D eigenvalue weighted by atomic mass is 10.1. The van der Waals surface area contributed by atoms with Crippen LogP contribution in [0.4, 0.5) is 22.0 Å². The van der Waals surface area contributed by atoms with E-state index in [0.29, 0.717) is 25.8 Å². The lowest BCUT2D eigenvalue weighted by molar-refractivity contribution is -0.141. The summed E-state index contributed by atoms with van der Waals surface area (Å²) in [6.45, 7) is 0.143. The highest BCUT2D eigenvalue weighted by atomic mass is 19.4. The van der Waals surface area contributed by atoms with Crippen molar-refractivity contribution in [2.24, 2.45) is 0 Å². The number of carbonyl (C=O) groups is 2. The molecule has 1 amide bonds. The molecule has 1 aliphatic carbocycles. The maximum atomic E-state index is 13.7. The average molecular weight is 545 g/mol. The SMILES string of the molecule is O=C(O)CC(CCN1CCCC(F)(F)C1)NC(=O)c1nc(C2CCCC2)n(-c2cccnc2C(F)(F)F)n1. The molecule has 0 aromatic carbocycles. The van der Waals surface area contributed by atoms with E-state index in [1.165, 1.54) is 17.0 Å². The van der Waals surface area contributed by atoms with Gasteiger partial charge in [-0.3, -0.25) is 14.5 Å². The maximum Gasteiger partial charge on any atom is 0.435 e. The Hall–Kier alpha value is -3.16. The number of amides is 1. The number of carboxylic acid groups (broad SMARTS) is 1. The van der Waals surface area contributed by atoms with Crippen LogP contribution >= 0.6 is 0 Å². The van der Waals surface area contributed by atoms with Crippen LogP contribution in [-0.2, 0) is 11.0 Å². The van der Waals surface area contributed by atoms with Crippen molar-refractivity contribution in [1.82, 2.24) is 30.0 Å². The summed E-state index contributed by atoms with van der Waals surface area (Å²) in [6.07, 6.45) is -0.976. The van der Waals surface area contributed by atoms with Gasteiger partial charge >= 0.3 is 12.1 Å². The second-order valence-electron chi connectivity index (χ2n) is 9.85. The van der Waals surface area contributed by atoms with E-state index >= 15 is 0 Å². The lowest BCUT2D eigenvalue weighted by Crippen LogP contribution is -2.45. The number of alkyl halides is 5. The first kappa shape index (κ1) is 27.9. The summed E-state index contributed by atoms with van der Waals surface area (Å²) in [5.41, 5.74) is -1.53. The van der Waals surface area contributed by atoms with Crippen molar-refractivity contribution < 1.29 is 36.6 Å². The van der Waals surface area contributed by atoms with E-state index in [0.717, 1.165) is 23.7 Å². The van der Waals surface area contributed by atoms with E-state index in [1.54, 1.807) is 0 Å². The van der Waals surface area contributed by atoms with Crippen LogP contribution in [-0.4, -0.2) is 73.2 Å². The highest BCUT2D eigenvalue weighted by Gasteiger charge is 2.38. The number of hydrogen-bond donors (Lipinski definition) is 2. The van der Waals surface area contributed by atoms with Gasteiger partial charge < -0.3 is 10.4 Å². The van der Waals surface area contributed by atoms with Gasteiger partial charge in [-0.1, -0.05) is 12.8 Å². The first-order chi connectivity index (χ1) is 17.9. The second kappa shape index (κ2) is 11.3. The Morgan fingerprint density at radius 2 is 1.95 bits per heavy atom. The minimum absolute atomic E-state index is 0.0884. The third-order valence-corrected chi connectivity index (χ3v) is 6.86. The third kappa shape index (κ3) is 6.83. The molecule has 4 rings (SSSR count). The molecule has 2 aromatic rings. The number of rotatable bonds is 9. The summed E-state index contributed by atoms with van der Waals surface area (Å²) in [6, 6.07) is 1.62. The largest absolute Gasteiger partial charge is 0.481 e. The van der Waals surface area contributed by atoms with Crippen LogP contribution in [0.25, 0.3) is 5.69 Å². The minimum atomic E-state index is -4.77. The fraction of sp³-hybridized carbons (Fsp3) is 0.625. The number of piperidine rings is 1. The van der Waals surface area contributed by atoms with E-state index in [9.17, 15) is 36.6 Å². The number of carboxylic acids is 1. The van der Waals surface area contributed by atoms with Crippen LogP contribution in [0, 0.1) is 0 Å². The predicted molar refractivity (Wildman–Crippen MR) is 124 cm³/mol. The molecule has 1 saturated heterocycles. The number of aromatic nitrogens is 4. The molecule has 2 fully saturated rings. The molecule has 9 nitrogen and oxygen atoms in total. The van der Waals surface area contributed by atoms with Gasteiger partial charge in [-0.05, 0) is 44.4 Å². The zero-order chi connectivity index (χ0) is 27.5. The van der Waals surface area contributed by atoms with Crippen LogP contribution in [0.2, 0.25) is 0 Å². The lowest BCUT2D eigenvalue weighted by Gasteiger charge is -2.33. The van der Waals surface area contributed by atoms with Crippen molar-refractivity contribution in [1.29, 1.82) is 0 Å². The highest BCUT2D eigenvalue weighted by molar-refractivity contribution is 5.91. The molecule has 0 radical (unpaired) electrons. The van der Waals surface area contributed by atoms with Crippen LogP contribution in [0.15, 0.2) is 18.3 Å². The van der Waals surface area contributed by atoms with Crippen molar-refractivity contribution in [2.45, 2.75) is 75.4 Å². The van der Waals surface area contributed by atoms with Gasteiger partial charge in [0.1, 0.15) is 5.82 Å². The van der Waals surface area contributed by atoms with Crippen LogP contribution in [0.5, 0.6) is 0 Å². The first-order valence-corrected chi connectivity index (χ1v) is 12.6. The molecule has 0 bridgehead atoms. The van der Waals surface area contributed by atoms with Crippen LogP contribution in [0.1, 0.15) is 79.4 Å². The Morgan fingerprint density at radius 1 is 1.21 bits per heavy atom. The zero-order valence-electron chi connectivity index (χ0n) is 20.6. The Kier molecular flexibility index (Phi) is 8.28. The molecule has 2 aliphatic rings. The Morgan fingerprint density at radius 3 is 2.61 bits per heavy atom.